The number of H-pyrrole nitrogens is 2. The van der Waals surface area contributed by atoms with E-state index in [9.17, 15) is 4.79 Å². The summed E-state index contributed by atoms with van der Waals surface area (Å²) in [6, 6.07) is 5.72. The van der Waals surface area contributed by atoms with Crippen molar-refractivity contribution in [2.24, 2.45) is 0 Å². The van der Waals surface area contributed by atoms with Crippen LogP contribution in [0.1, 0.15) is 12.5 Å². The Kier molecular flexibility index (Phi) is 5.43. The highest BCUT2D eigenvalue weighted by Gasteiger charge is 2.18. The molecule has 0 bridgehead atoms. The largest absolute Gasteiger partial charge is 0.361 e. The third-order valence-electron chi connectivity index (χ3n) is 4.31. The van der Waals surface area contributed by atoms with Gasteiger partial charge in [-0.3, -0.25) is 4.79 Å². The number of imidazole rings is 1. The van der Waals surface area contributed by atoms with Crippen LogP contribution in [0, 0.1) is 0 Å². The van der Waals surface area contributed by atoms with E-state index in [0.29, 0.717) is 34.2 Å². The van der Waals surface area contributed by atoms with Gasteiger partial charge < -0.3 is 15.3 Å². The molecule has 28 heavy (non-hydrogen) atoms. The number of amides is 1. The molecule has 10 heteroatoms. The molecule has 1 atom stereocenters. The Morgan fingerprint density at radius 1 is 1.29 bits per heavy atom. The fourth-order valence-corrected chi connectivity index (χ4v) is 4.23. The molecule has 4 rings (SSSR count). The second kappa shape index (κ2) is 7.98. The summed E-state index contributed by atoms with van der Waals surface area (Å²) in [6.07, 6.45) is 4.18. The molecule has 0 saturated carbocycles. The number of hydrogen-bond acceptors (Lipinski definition) is 5. The van der Waals surface area contributed by atoms with Gasteiger partial charge in [0, 0.05) is 28.7 Å². The first-order valence-corrected chi connectivity index (χ1v) is 10.2. The van der Waals surface area contributed by atoms with Crippen LogP contribution in [0.15, 0.2) is 35.7 Å². The van der Waals surface area contributed by atoms with Crippen LogP contribution in [0.4, 0.5) is 0 Å². The van der Waals surface area contributed by atoms with Gasteiger partial charge in [0.2, 0.25) is 11.2 Å². The average Bonchev–Trinajstić information content (AvgIpc) is 3.28. The summed E-state index contributed by atoms with van der Waals surface area (Å²) in [5.41, 5.74) is 3.29. The van der Waals surface area contributed by atoms with Crippen molar-refractivity contribution in [3.63, 3.8) is 0 Å². The summed E-state index contributed by atoms with van der Waals surface area (Å²) in [5.74, 6) is -0.0785. The minimum atomic E-state index is -0.352. The first-order valence-electron chi connectivity index (χ1n) is 8.58. The Bertz CT molecular complexity index is 1160. The van der Waals surface area contributed by atoms with Crippen molar-refractivity contribution in [3.8, 4) is 0 Å². The Hall–Kier alpha value is -2.29. The molecule has 144 valence electrons. The number of nitrogens with zero attached hydrogens (tertiary/aromatic N) is 3. The Labute approximate surface area is 174 Å². The standard InChI is InChI=1S/C18H16Cl2N6OS/c1-9(28-17-14-15(24-8-23-14)25-18(20)26-17)16(27)21-5-4-10-7-22-13-3-2-11(19)6-12(10)13/h2-3,6-9,22H,4-5H2,1H3,(H,21,27)(H,23,24,25,26)/t9-/m0/s1. The highest BCUT2D eigenvalue weighted by atomic mass is 35.5. The maximum absolute atomic E-state index is 12.5. The number of aromatic nitrogens is 5. The lowest BCUT2D eigenvalue weighted by molar-refractivity contribution is -0.120. The van der Waals surface area contributed by atoms with Crippen LogP contribution in [0.25, 0.3) is 22.1 Å². The number of nitrogens with one attached hydrogen (secondary N) is 3. The quantitative estimate of drug-likeness (QED) is 0.242. The fraction of sp³-hybridized carbons (Fsp3) is 0.222. The van der Waals surface area contributed by atoms with Crippen LogP contribution in [0.3, 0.4) is 0 Å². The van der Waals surface area contributed by atoms with Crippen molar-refractivity contribution in [3.05, 3.63) is 46.6 Å². The SMILES string of the molecule is C[C@H](Sc1nc(Cl)nc2nc[nH]c12)C(=O)NCCc1c[nH]c2ccc(Cl)cc12. The van der Waals surface area contributed by atoms with Crippen LogP contribution in [0.2, 0.25) is 10.3 Å². The lowest BCUT2D eigenvalue weighted by Gasteiger charge is -2.12. The normalized spacial score (nSPS) is 12.5. The molecule has 0 aliphatic carbocycles. The Morgan fingerprint density at radius 3 is 3.00 bits per heavy atom. The topological polar surface area (TPSA) is 99.3 Å². The molecule has 0 unspecified atom stereocenters. The van der Waals surface area contributed by atoms with Crippen LogP contribution >= 0.6 is 35.0 Å². The third-order valence-corrected chi connectivity index (χ3v) is 5.80. The summed E-state index contributed by atoms with van der Waals surface area (Å²) >= 11 is 13.3. The minimum absolute atomic E-state index is 0.0785. The zero-order valence-corrected chi connectivity index (χ0v) is 17.1. The van der Waals surface area contributed by atoms with E-state index in [2.05, 4.69) is 30.2 Å². The van der Waals surface area contributed by atoms with Crippen molar-refractivity contribution >= 4 is 62.9 Å². The maximum Gasteiger partial charge on any atom is 0.233 e. The molecular weight excluding hydrogens is 419 g/mol. The number of fused-ring (bicyclic) bond motifs is 2. The highest BCUT2D eigenvalue weighted by Crippen LogP contribution is 2.28. The summed E-state index contributed by atoms with van der Waals surface area (Å²) < 4.78 is 0. The molecule has 0 aliphatic rings. The number of rotatable bonds is 6. The molecule has 0 spiro atoms. The van der Waals surface area contributed by atoms with Crippen molar-refractivity contribution in [2.75, 3.05) is 6.54 Å². The van der Waals surface area contributed by atoms with Crippen molar-refractivity contribution < 1.29 is 4.79 Å². The summed E-state index contributed by atoms with van der Waals surface area (Å²) in [4.78, 5) is 31.0. The summed E-state index contributed by atoms with van der Waals surface area (Å²) in [5, 5.41) is 5.08. The van der Waals surface area contributed by atoms with Crippen molar-refractivity contribution in [2.45, 2.75) is 23.6 Å². The molecule has 3 aromatic heterocycles. The van der Waals surface area contributed by atoms with Gasteiger partial charge in [-0.25, -0.2) is 9.97 Å². The molecule has 3 heterocycles. The number of aromatic amines is 2. The molecule has 7 nitrogen and oxygen atoms in total. The van der Waals surface area contributed by atoms with E-state index in [-0.39, 0.29) is 16.4 Å². The Balaban J connectivity index is 1.38. The number of thioether (sulfide) groups is 1. The molecule has 0 aliphatic heterocycles. The van der Waals surface area contributed by atoms with Gasteiger partial charge in [0.25, 0.3) is 0 Å². The summed E-state index contributed by atoms with van der Waals surface area (Å²) in [7, 11) is 0. The second-order valence-electron chi connectivity index (χ2n) is 6.20. The van der Waals surface area contributed by atoms with Gasteiger partial charge in [0.15, 0.2) is 5.65 Å². The fourth-order valence-electron chi connectivity index (χ4n) is 2.91. The van der Waals surface area contributed by atoms with Gasteiger partial charge in [-0.05, 0) is 48.7 Å². The van der Waals surface area contributed by atoms with Gasteiger partial charge in [-0.2, -0.15) is 4.98 Å². The van der Waals surface area contributed by atoms with E-state index in [1.54, 1.807) is 0 Å². The predicted octanol–water partition coefficient (Wildman–Crippen LogP) is 3.98. The van der Waals surface area contributed by atoms with Crippen LogP contribution in [-0.2, 0) is 11.2 Å². The van der Waals surface area contributed by atoms with Crippen LogP contribution in [0.5, 0.6) is 0 Å². The number of benzene rings is 1. The molecule has 4 aromatic rings. The van der Waals surface area contributed by atoms with Gasteiger partial charge >= 0.3 is 0 Å². The van der Waals surface area contributed by atoms with Gasteiger partial charge in [-0.1, -0.05) is 23.4 Å². The molecule has 1 aromatic carbocycles. The van der Waals surface area contributed by atoms with Gasteiger partial charge in [0.1, 0.15) is 10.5 Å². The number of halogens is 2. The highest BCUT2D eigenvalue weighted by molar-refractivity contribution is 8.00. The zero-order valence-electron chi connectivity index (χ0n) is 14.8. The predicted molar refractivity (Wildman–Crippen MR) is 112 cm³/mol. The molecular formula is C18H16Cl2N6OS. The van der Waals surface area contributed by atoms with E-state index in [4.69, 9.17) is 23.2 Å². The average molecular weight is 435 g/mol. The van der Waals surface area contributed by atoms with Crippen LogP contribution < -0.4 is 5.32 Å². The molecule has 0 fully saturated rings. The van der Waals surface area contributed by atoms with Gasteiger partial charge in [-0.15, -0.1) is 0 Å². The number of hydrogen-bond donors (Lipinski definition) is 3. The van der Waals surface area contributed by atoms with E-state index in [0.717, 1.165) is 16.5 Å². The lowest BCUT2D eigenvalue weighted by atomic mass is 10.1. The monoisotopic (exact) mass is 434 g/mol. The Morgan fingerprint density at radius 2 is 2.14 bits per heavy atom. The molecule has 1 amide bonds. The lowest BCUT2D eigenvalue weighted by Crippen LogP contribution is -2.32. The van der Waals surface area contributed by atoms with Crippen LogP contribution in [-0.4, -0.2) is 42.6 Å². The number of carbonyl (C=O) groups excluding carboxylic acids is 1. The minimum Gasteiger partial charge on any atom is -0.361 e. The molecule has 3 N–H and O–H groups in total. The van der Waals surface area contributed by atoms with E-state index < -0.39 is 0 Å². The maximum atomic E-state index is 12.5. The smallest absolute Gasteiger partial charge is 0.233 e. The van der Waals surface area contributed by atoms with Gasteiger partial charge in [0.05, 0.1) is 11.6 Å². The van der Waals surface area contributed by atoms with E-state index >= 15 is 0 Å². The first-order chi connectivity index (χ1) is 13.5. The van der Waals surface area contributed by atoms with Crippen molar-refractivity contribution in [1.29, 1.82) is 0 Å². The first kappa shape index (κ1) is 19.0. The zero-order chi connectivity index (χ0) is 19.7. The molecule has 0 radical (unpaired) electrons. The van der Waals surface area contributed by atoms with E-state index in [1.807, 2.05) is 31.3 Å². The summed E-state index contributed by atoms with van der Waals surface area (Å²) in [6.45, 7) is 2.34. The third kappa shape index (κ3) is 3.94. The number of carbonyl (C=O) groups is 1. The van der Waals surface area contributed by atoms with E-state index in [1.165, 1.54) is 18.1 Å². The van der Waals surface area contributed by atoms with Crippen molar-refractivity contribution in [1.82, 2.24) is 30.2 Å². The second-order valence-corrected chi connectivity index (χ2v) is 8.31. The molecule has 0 saturated heterocycles.